The van der Waals surface area contributed by atoms with Crippen LogP contribution < -0.4 is 4.74 Å². The molecule has 3 aromatic rings. The molecule has 20 heavy (non-hydrogen) atoms. The van der Waals surface area contributed by atoms with Crippen molar-refractivity contribution in [2.24, 2.45) is 0 Å². The zero-order chi connectivity index (χ0) is 14.2. The Labute approximate surface area is 114 Å². The molecule has 0 atom stereocenters. The van der Waals surface area contributed by atoms with E-state index in [1.54, 1.807) is 31.3 Å². The van der Waals surface area contributed by atoms with E-state index in [0.29, 0.717) is 12.3 Å². The summed E-state index contributed by atoms with van der Waals surface area (Å²) in [4.78, 5) is 7.88. The van der Waals surface area contributed by atoms with Gasteiger partial charge in [-0.3, -0.25) is 9.50 Å². The topological polar surface area (TPSA) is 102 Å². The van der Waals surface area contributed by atoms with Crippen molar-refractivity contribution in [3.05, 3.63) is 30.7 Å². The van der Waals surface area contributed by atoms with Gasteiger partial charge in [0.1, 0.15) is 12.0 Å². The number of hydrogen-bond acceptors (Lipinski definition) is 6. The van der Waals surface area contributed by atoms with Gasteiger partial charge < -0.3 is 4.74 Å². The molecule has 9 heteroatoms. The van der Waals surface area contributed by atoms with E-state index in [9.17, 15) is 8.42 Å². The molecule has 0 saturated heterocycles. The Morgan fingerprint density at radius 1 is 1.40 bits per heavy atom. The fraction of sp³-hybridized carbons (Fsp3) is 0.182. The van der Waals surface area contributed by atoms with E-state index in [1.807, 2.05) is 0 Å². The molecule has 3 aromatic heterocycles. The lowest BCUT2D eigenvalue weighted by molar-refractivity contribution is 0.318. The summed E-state index contributed by atoms with van der Waals surface area (Å²) in [7, 11) is -3.91. The lowest BCUT2D eigenvalue weighted by atomic mass is 10.5. The van der Waals surface area contributed by atoms with E-state index in [0.717, 1.165) is 0 Å². The van der Waals surface area contributed by atoms with Gasteiger partial charge in [-0.15, -0.1) is 5.10 Å². The summed E-state index contributed by atoms with van der Waals surface area (Å²) in [6, 6.07) is 5.17. The fourth-order valence-corrected chi connectivity index (χ4v) is 3.13. The first-order chi connectivity index (χ1) is 9.64. The summed E-state index contributed by atoms with van der Waals surface area (Å²) in [5, 5.41) is 5.63. The van der Waals surface area contributed by atoms with Gasteiger partial charge in [0.05, 0.1) is 6.61 Å². The number of aromatic amines is 1. The van der Waals surface area contributed by atoms with Crippen molar-refractivity contribution >= 4 is 15.5 Å². The molecular formula is C11H11N5O3S. The molecule has 0 aliphatic heterocycles. The van der Waals surface area contributed by atoms with Gasteiger partial charge in [0, 0.05) is 6.20 Å². The average Bonchev–Trinajstić information content (AvgIpc) is 3.06. The van der Waals surface area contributed by atoms with Crippen LogP contribution in [0, 0.1) is 0 Å². The Bertz CT molecular complexity index is 838. The van der Waals surface area contributed by atoms with Crippen LogP contribution in [0.2, 0.25) is 0 Å². The van der Waals surface area contributed by atoms with Crippen LogP contribution in [0.5, 0.6) is 5.88 Å². The Morgan fingerprint density at radius 2 is 2.25 bits per heavy atom. The molecule has 3 rings (SSSR count). The van der Waals surface area contributed by atoms with Gasteiger partial charge in [-0.25, -0.2) is 13.4 Å². The van der Waals surface area contributed by atoms with Gasteiger partial charge in [0.25, 0.3) is 20.9 Å². The highest BCUT2D eigenvalue weighted by molar-refractivity contribution is 7.91. The predicted octanol–water partition coefficient (Wildman–Crippen LogP) is 0.684. The van der Waals surface area contributed by atoms with Crippen LogP contribution in [0.3, 0.4) is 0 Å². The SMILES string of the molecule is CCOc1nc2ccccn2c1S(=O)(=O)c1nc[nH]n1. The molecule has 0 aliphatic carbocycles. The summed E-state index contributed by atoms with van der Waals surface area (Å²) in [6.45, 7) is 2.06. The average molecular weight is 293 g/mol. The number of ether oxygens (including phenoxy) is 1. The summed E-state index contributed by atoms with van der Waals surface area (Å²) >= 11 is 0. The van der Waals surface area contributed by atoms with E-state index in [1.165, 1.54) is 10.7 Å². The molecule has 0 unspecified atom stereocenters. The molecule has 0 fully saturated rings. The van der Waals surface area contributed by atoms with Gasteiger partial charge >= 0.3 is 0 Å². The van der Waals surface area contributed by atoms with Crippen LogP contribution in [0.1, 0.15) is 6.92 Å². The quantitative estimate of drug-likeness (QED) is 0.759. The van der Waals surface area contributed by atoms with Gasteiger partial charge in [-0.2, -0.15) is 4.98 Å². The van der Waals surface area contributed by atoms with Crippen LogP contribution >= 0.6 is 0 Å². The second-order valence-electron chi connectivity index (χ2n) is 3.87. The third-order valence-corrected chi connectivity index (χ3v) is 4.18. The summed E-state index contributed by atoms with van der Waals surface area (Å²) in [5.41, 5.74) is 0.477. The van der Waals surface area contributed by atoms with E-state index in [4.69, 9.17) is 4.74 Å². The molecular weight excluding hydrogens is 282 g/mol. The lowest BCUT2D eigenvalue weighted by Crippen LogP contribution is -2.09. The van der Waals surface area contributed by atoms with Crippen molar-refractivity contribution in [1.29, 1.82) is 0 Å². The normalized spacial score (nSPS) is 11.8. The summed E-state index contributed by atoms with van der Waals surface area (Å²) in [6.07, 6.45) is 2.81. The van der Waals surface area contributed by atoms with Crippen molar-refractivity contribution in [2.45, 2.75) is 17.1 Å². The minimum Gasteiger partial charge on any atom is -0.476 e. The number of rotatable bonds is 4. The molecule has 3 heterocycles. The standard InChI is InChI=1S/C11H11N5O3S/c1-2-19-9-10(16-6-4-3-5-8(16)14-9)20(17,18)11-12-7-13-15-11/h3-7H,2H2,1H3,(H,12,13,15). The van der Waals surface area contributed by atoms with Crippen molar-refractivity contribution in [2.75, 3.05) is 6.61 Å². The maximum Gasteiger partial charge on any atom is 0.273 e. The second-order valence-corrected chi connectivity index (χ2v) is 5.63. The van der Waals surface area contributed by atoms with Crippen LogP contribution in [0.4, 0.5) is 0 Å². The molecule has 1 N–H and O–H groups in total. The highest BCUT2D eigenvalue weighted by Crippen LogP contribution is 2.28. The first-order valence-electron chi connectivity index (χ1n) is 5.85. The Hall–Kier alpha value is -2.42. The van der Waals surface area contributed by atoms with Crippen LogP contribution in [-0.4, -0.2) is 39.6 Å². The van der Waals surface area contributed by atoms with E-state index < -0.39 is 9.84 Å². The smallest absolute Gasteiger partial charge is 0.273 e. The summed E-state index contributed by atoms with van der Waals surface area (Å²) in [5.74, 6) is 0.0449. The number of H-pyrrole nitrogens is 1. The monoisotopic (exact) mass is 293 g/mol. The zero-order valence-corrected chi connectivity index (χ0v) is 11.3. The largest absolute Gasteiger partial charge is 0.476 e. The lowest BCUT2D eigenvalue weighted by Gasteiger charge is -2.03. The predicted molar refractivity (Wildman–Crippen MR) is 68.2 cm³/mol. The highest BCUT2D eigenvalue weighted by atomic mass is 32.2. The minimum absolute atomic E-state index is 0.0449. The van der Waals surface area contributed by atoms with Gasteiger partial charge in [0.15, 0.2) is 0 Å². The van der Waals surface area contributed by atoms with E-state index in [-0.39, 0.29) is 16.1 Å². The van der Waals surface area contributed by atoms with Crippen molar-refractivity contribution < 1.29 is 13.2 Å². The Morgan fingerprint density at radius 3 is 2.95 bits per heavy atom. The van der Waals surface area contributed by atoms with Gasteiger partial charge in [-0.05, 0) is 19.1 Å². The second kappa shape index (κ2) is 4.60. The summed E-state index contributed by atoms with van der Waals surface area (Å²) < 4.78 is 31.9. The molecule has 104 valence electrons. The van der Waals surface area contributed by atoms with Gasteiger partial charge in [-0.1, -0.05) is 6.07 Å². The van der Waals surface area contributed by atoms with Crippen molar-refractivity contribution in [1.82, 2.24) is 24.6 Å². The Kier molecular flexibility index (Phi) is 2.90. The number of sulfone groups is 1. The molecule has 0 amide bonds. The number of pyridine rings is 1. The fourth-order valence-electron chi connectivity index (χ4n) is 1.84. The molecule has 0 aliphatic rings. The first kappa shape index (κ1) is 12.6. The third-order valence-electron chi connectivity index (χ3n) is 2.63. The Balaban J connectivity index is 2.32. The minimum atomic E-state index is -3.91. The molecule has 0 bridgehead atoms. The number of nitrogens with zero attached hydrogens (tertiary/aromatic N) is 4. The van der Waals surface area contributed by atoms with Crippen LogP contribution in [0.15, 0.2) is 40.9 Å². The zero-order valence-electron chi connectivity index (χ0n) is 10.5. The molecule has 0 aromatic carbocycles. The number of hydrogen-bond donors (Lipinski definition) is 1. The van der Waals surface area contributed by atoms with Crippen molar-refractivity contribution in [3.8, 4) is 5.88 Å². The highest BCUT2D eigenvalue weighted by Gasteiger charge is 2.31. The number of imidazole rings is 1. The molecule has 0 radical (unpaired) electrons. The van der Waals surface area contributed by atoms with E-state index in [2.05, 4.69) is 20.2 Å². The van der Waals surface area contributed by atoms with Crippen molar-refractivity contribution in [3.63, 3.8) is 0 Å². The first-order valence-corrected chi connectivity index (χ1v) is 7.33. The third kappa shape index (κ3) is 1.83. The van der Waals surface area contributed by atoms with Crippen LogP contribution in [-0.2, 0) is 9.84 Å². The van der Waals surface area contributed by atoms with E-state index >= 15 is 0 Å². The number of nitrogens with one attached hydrogen (secondary N) is 1. The molecule has 0 spiro atoms. The molecule has 8 nitrogen and oxygen atoms in total. The maximum atomic E-state index is 12.6. The number of fused-ring (bicyclic) bond motifs is 1. The van der Waals surface area contributed by atoms with Gasteiger partial charge in [0.2, 0.25) is 5.03 Å². The van der Waals surface area contributed by atoms with Crippen LogP contribution in [0.25, 0.3) is 5.65 Å². The molecule has 0 saturated carbocycles. The number of aromatic nitrogens is 5. The maximum absolute atomic E-state index is 12.6.